The van der Waals surface area contributed by atoms with Crippen molar-refractivity contribution in [3.05, 3.63) is 41.4 Å². The average molecular weight is 423 g/mol. The van der Waals surface area contributed by atoms with E-state index in [-0.39, 0.29) is 28.4 Å². The van der Waals surface area contributed by atoms with Crippen LogP contribution in [0.25, 0.3) is 11.1 Å². The Morgan fingerprint density at radius 1 is 1.11 bits per heavy atom. The Morgan fingerprint density at radius 2 is 1.79 bits per heavy atom. The van der Waals surface area contributed by atoms with Crippen molar-refractivity contribution in [2.45, 2.75) is 24.8 Å². The number of anilines is 2. The van der Waals surface area contributed by atoms with Gasteiger partial charge in [0.15, 0.2) is 9.84 Å². The molecule has 2 amide bonds. The van der Waals surface area contributed by atoms with Crippen molar-refractivity contribution in [2.24, 2.45) is 0 Å². The molecule has 2 aromatic carbocycles. The predicted molar refractivity (Wildman–Crippen MR) is 108 cm³/mol. The molecule has 148 valence electrons. The van der Waals surface area contributed by atoms with E-state index in [1.165, 1.54) is 24.0 Å². The molecule has 1 N–H and O–H groups in total. The highest BCUT2D eigenvalue weighted by Gasteiger charge is 2.33. The second-order valence-electron chi connectivity index (χ2n) is 6.78. The third-order valence-electron chi connectivity index (χ3n) is 4.62. The molecule has 1 aliphatic heterocycles. The fourth-order valence-corrected chi connectivity index (χ4v) is 4.39. The summed E-state index contributed by atoms with van der Waals surface area (Å²) in [6.07, 6.45) is -0.0375. The standard InChI is InChI=1S/C19H19ClN2O5S/c1-11-10-21(19(24)25)18-8-13(4-5-17(18)22(11)12(2)23)14-6-15(20)9-16(7-14)28(3,26)27/h4-9,11H,10H2,1-3H3,(H,24,25)/t11-/m0/s1. The molecule has 0 saturated carbocycles. The molecule has 0 saturated heterocycles. The lowest BCUT2D eigenvalue weighted by atomic mass is 10.0. The van der Waals surface area contributed by atoms with E-state index in [1.807, 2.05) is 0 Å². The van der Waals surface area contributed by atoms with Gasteiger partial charge in [-0.15, -0.1) is 0 Å². The van der Waals surface area contributed by atoms with Gasteiger partial charge in [-0.2, -0.15) is 0 Å². The van der Waals surface area contributed by atoms with Crippen LogP contribution in [0.15, 0.2) is 41.3 Å². The summed E-state index contributed by atoms with van der Waals surface area (Å²) in [7, 11) is -3.47. The summed E-state index contributed by atoms with van der Waals surface area (Å²) in [5.74, 6) is -0.186. The Bertz CT molecular complexity index is 1080. The largest absolute Gasteiger partial charge is 0.465 e. The second-order valence-corrected chi connectivity index (χ2v) is 9.23. The lowest BCUT2D eigenvalue weighted by Crippen LogP contribution is -2.51. The highest BCUT2D eigenvalue weighted by Crippen LogP contribution is 2.39. The molecule has 2 aromatic rings. The minimum atomic E-state index is -3.47. The maximum Gasteiger partial charge on any atom is 0.411 e. The molecule has 28 heavy (non-hydrogen) atoms. The Balaban J connectivity index is 2.20. The van der Waals surface area contributed by atoms with Crippen LogP contribution in [0.2, 0.25) is 5.02 Å². The van der Waals surface area contributed by atoms with E-state index in [9.17, 15) is 23.1 Å². The van der Waals surface area contributed by atoms with E-state index in [0.29, 0.717) is 22.5 Å². The number of amides is 2. The van der Waals surface area contributed by atoms with Crippen LogP contribution in [0.4, 0.5) is 16.2 Å². The summed E-state index contributed by atoms with van der Waals surface area (Å²) in [4.78, 5) is 26.6. The molecule has 0 bridgehead atoms. The van der Waals surface area contributed by atoms with Crippen molar-refractivity contribution in [1.82, 2.24) is 0 Å². The zero-order valence-electron chi connectivity index (χ0n) is 15.5. The molecule has 0 aliphatic carbocycles. The smallest absolute Gasteiger partial charge is 0.411 e. The fraction of sp³-hybridized carbons (Fsp3) is 0.263. The van der Waals surface area contributed by atoms with Gasteiger partial charge in [0, 0.05) is 24.7 Å². The minimum absolute atomic E-state index is 0.0711. The number of rotatable bonds is 2. The van der Waals surface area contributed by atoms with Gasteiger partial charge in [-0.25, -0.2) is 13.2 Å². The van der Waals surface area contributed by atoms with Crippen LogP contribution in [0.5, 0.6) is 0 Å². The maximum atomic E-state index is 12.1. The van der Waals surface area contributed by atoms with Crippen molar-refractivity contribution in [2.75, 3.05) is 22.6 Å². The van der Waals surface area contributed by atoms with Gasteiger partial charge in [0.05, 0.1) is 22.3 Å². The summed E-state index contributed by atoms with van der Waals surface area (Å²) in [5, 5.41) is 9.86. The van der Waals surface area contributed by atoms with Crippen molar-refractivity contribution >= 4 is 44.8 Å². The van der Waals surface area contributed by atoms with E-state index in [0.717, 1.165) is 6.26 Å². The first-order valence-electron chi connectivity index (χ1n) is 8.44. The first kappa shape index (κ1) is 20.2. The quantitative estimate of drug-likeness (QED) is 0.797. The van der Waals surface area contributed by atoms with Crippen LogP contribution in [0.3, 0.4) is 0 Å². The number of hydrogen-bond donors (Lipinski definition) is 1. The summed E-state index contributed by atoms with van der Waals surface area (Å²) in [5.41, 5.74) is 1.98. The molecule has 0 fully saturated rings. The average Bonchev–Trinajstić information content (AvgIpc) is 2.58. The van der Waals surface area contributed by atoms with Crippen LogP contribution in [0, 0.1) is 0 Å². The summed E-state index contributed by atoms with van der Waals surface area (Å²) in [6, 6.07) is 9.16. The van der Waals surface area contributed by atoms with Gasteiger partial charge in [-0.1, -0.05) is 17.7 Å². The topological polar surface area (TPSA) is 95.0 Å². The molecule has 1 atom stereocenters. The SMILES string of the molecule is CC(=O)N1c2ccc(-c3cc(Cl)cc(S(C)(=O)=O)c3)cc2N(C(=O)O)C[C@@H]1C. The molecule has 0 spiro atoms. The molecule has 1 heterocycles. The fourth-order valence-electron chi connectivity index (χ4n) is 3.41. The van der Waals surface area contributed by atoms with Crippen LogP contribution in [-0.4, -0.2) is 44.4 Å². The van der Waals surface area contributed by atoms with E-state index < -0.39 is 15.9 Å². The maximum absolute atomic E-state index is 12.1. The summed E-state index contributed by atoms with van der Waals surface area (Å²) < 4.78 is 23.8. The number of hydrogen-bond acceptors (Lipinski definition) is 4. The zero-order valence-corrected chi connectivity index (χ0v) is 17.1. The van der Waals surface area contributed by atoms with Gasteiger partial charge in [0.1, 0.15) is 0 Å². The Morgan fingerprint density at radius 3 is 2.36 bits per heavy atom. The van der Waals surface area contributed by atoms with Crippen molar-refractivity contribution < 1.29 is 23.1 Å². The third-order valence-corrected chi connectivity index (χ3v) is 5.93. The lowest BCUT2D eigenvalue weighted by molar-refractivity contribution is -0.117. The number of carbonyl (C=O) groups excluding carboxylic acids is 1. The Hall–Kier alpha value is -2.58. The van der Waals surface area contributed by atoms with Crippen molar-refractivity contribution in [1.29, 1.82) is 0 Å². The zero-order chi connectivity index (χ0) is 20.8. The highest BCUT2D eigenvalue weighted by atomic mass is 35.5. The highest BCUT2D eigenvalue weighted by molar-refractivity contribution is 7.90. The van der Waals surface area contributed by atoms with Gasteiger partial charge in [-0.3, -0.25) is 9.69 Å². The van der Waals surface area contributed by atoms with Crippen molar-refractivity contribution in [3.63, 3.8) is 0 Å². The molecule has 0 radical (unpaired) electrons. The van der Waals surface area contributed by atoms with Gasteiger partial charge in [0.2, 0.25) is 5.91 Å². The van der Waals surface area contributed by atoms with E-state index in [4.69, 9.17) is 11.6 Å². The van der Waals surface area contributed by atoms with Crippen LogP contribution >= 0.6 is 11.6 Å². The van der Waals surface area contributed by atoms with Gasteiger partial charge in [0.25, 0.3) is 0 Å². The number of carboxylic acid groups (broad SMARTS) is 1. The van der Waals surface area contributed by atoms with E-state index >= 15 is 0 Å². The molecule has 3 rings (SSSR count). The number of halogens is 1. The second kappa shape index (κ2) is 7.10. The van der Waals surface area contributed by atoms with E-state index in [2.05, 4.69) is 0 Å². The number of fused-ring (bicyclic) bond motifs is 1. The van der Waals surface area contributed by atoms with Gasteiger partial charge >= 0.3 is 6.09 Å². The van der Waals surface area contributed by atoms with Crippen LogP contribution in [0.1, 0.15) is 13.8 Å². The molecule has 1 aliphatic rings. The molecule has 7 nitrogen and oxygen atoms in total. The molecule has 0 unspecified atom stereocenters. The third kappa shape index (κ3) is 3.70. The van der Waals surface area contributed by atoms with Crippen LogP contribution < -0.4 is 9.80 Å². The summed E-state index contributed by atoms with van der Waals surface area (Å²) in [6.45, 7) is 3.35. The lowest BCUT2D eigenvalue weighted by Gasteiger charge is -2.39. The van der Waals surface area contributed by atoms with Gasteiger partial charge < -0.3 is 10.0 Å². The number of sulfone groups is 1. The van der Waals surface area contributed by atoms with Crippen molar-refractivity contribution in [3.8, 4) is 11.1 Å². The number of nitrogens with zero attached hydrogens (tertiary/aromatic N) is 2. The van der Waals surface area contributed by atoms with E-state index in [1.54, 1.807) is 36.1 Å². The Labute approximate surface area is 168 Å². The monoisotopic (exact) mass is 422 g/mol. The molecule has 9 heteroatoms. The normalized spacial score (nSPS) is 16.6. The minimum Gasteiger partial charge on any atom is -0.465 e. The number of benzene rings is 2. The Kier molecular flexibility index (Phi) is 5.12. The van der Waals surface area contributed by atoms with Gasteiger partial charge in [-0.05, 0) is 48.4 Å². The first-order valence-corrected chi connectivity index (χ1v) is 10.7. The summed E-state index contributed by atoms with van der Waals surface area (Å²) >= 11 is 6.09. The number of carbonyl (C=O) groups is 2. The molecular weight excluding hydrogens is 404 g/mol. The molecule has 0 aromatic heterocycles. The predicted octanol–water partition coefficient (Wildman–Crippen LogP) is 3.65. The first-order chi connectivity index (χ1) is 13.0. The van der Waals surface area contributed by atoms with Crippen LogP contribution in [-0.2, 0) is 14.6 Å². The molecular formula is C19H19ClN2O5S.